The molecule has 0 spiro atoms. The zero-order valence-electron chi connectivity index (χ0n) is 12.2. The average Bonchev–Trinajstić information content (AvgIpc) is 2.86. The molecular formula is C15H21F3N2O. The number of alkyl halides is 3. The van der Waals surface area contributed by atoms with Gasteiger partial charge in [0.05, 0.1) is 6.61 Å². The van der Waals surface area contributed by atoms with Crippen LogP contribution in [0.25, 0.3) is 0 Å². The molecule has 3 nitrogen and oxygen atoms in total. The van der Waals surface area contributed by atoms with Crippen molar-refractivity contribution in [2.45, 2.75) is 32.5 Å². The molecule has 0 radical (unpaired) electrons. The third-order valence-electron chi connectivity index (χ3n) is 3.59. The van der Waals surface area contributed by atoms with Crippen molar-refractivity contribution in [1.82, 2.24) is 9.88 Å². The van der Waals surface area contributed by atoms with Crippen molar-refractivity contribution in [2.75, 3.05) is 26.3 Å². The Morgan fingerprint density at radius 3 is 2.81 bits per heavy atom. The highest BCUT2D eigenvalue weighted by atomic mass is 19.4. The Morgan fingerprint density at radius 1 is 1.38 bits per heavy atom. The van der Waals surface area contributed by atoms with E-state index in [9.17, 15) is 13.2 Å². The van der Waals surface area contributed by atoms with Crippen molar-refractivity contribution in [2.24, 2.45) is 5.92 Å². The van der Waals surface area contributed by atoms with Gasteiger partial charge in [-0.15, -0.1) is 0 Å². The van der Waals surface area contributed by atoms with E-state index in [-0.39, 0.29) is 0 Å². The van der Waals surface area contributed by atoms with Crippen LogP contribution in [-0.2, 0) is 17.5 Å². The predicted octanol–water partition coefficient (Wildman–Crippen LogP) is 3.35. The summed E-state index contributed by atoms with van der Waals surface area (Å²) in [5, 5.41) is 0. The molecule has 1 aliphatic rings. The standard InChI is InChI=1S/C15H21F3N2O/c1-2-7-21-11-13-5-6-20(10-13)9-12-3-4-14(19-8-12)15(16,17)18/h3-4,8,13H,2,5-7,9-11H2,1H3/t13-/m0/s1. The first-order chi connectivity index (χ1) is 9.99. The van der Waals surface area contributed by atoms with E-state index >= 15 is 0 Å². The number of hydrogen-bond donors (Lipinski definition) is 0. The maximum absolute atomic E-state index is 12.4. The average molecular weight is 302 g/mol. The van der Waals surface area contributed by atoms with Crippen molar-refractivity contribution < 1.29 is 17.9 Å². The second-order valence-electron chi connectivity index (χ2n) is 5.51. The zero-order chi connectivity index (χ0) is 15.3. The Bertz CT molecular complexity index is 434. The molecule has 1 aliphatic heterocycles. The molecule has 1 fully saturated rings. The molecule has 0 saturated carbocycles. The van der Waals surface area contributed by atoms with E-state index in [1.165, 1.54) is 12.3 Å². The molecule has 0 bridgehead atoms. The maximum atomic E-state index is 12.4. The molecule has 1 saturated heterocycles. The molecule has 0 N–H and O–H groups in total. The second-order valence-corrected chi connectivity index (χ2v) is 5.51. The van der Waals surface area contributed by atoms with Crippen LogP contribution in [0.3, 0.4) is 0 Å². The van der Waals surface area contributed by atoms with Crippen molar-refractivity contribution >= 4 is 0 Å². The summed E-state index contributed by atoms with van der Waals surface area (Å²) >= 11 is 0. The third-order valence-corrected chi connectivity index (χ3v) is 3.59. The van der Waals surface area contributed by atoms with Crippen molar-refractivity contribution in [1.29, 1.82) is 0 Å². The van der Waals surface area contributed by atoms with E-state index in [0.29, 0.717) is 12.5 Å². The fourth-order valence-corrected chi connectivity index (χ4v) is 2.53. The van der Waals surface area contributed by atoms with Gasteiger partial charge in [-0.2, -0.15) is 13.2 Å². The van der Waals surface area contributed by atoms with Gasteiger partial charge in [-0.3, -0.25) is 9.88 Å². The van der Waals surface area contributed by atoms with Gasteiger partial charge in [-0.1, -0.05) is 13.0 Å². The minimum absolute atomic E-state index is 0.527. The van der Waals surface area contributed by atoms with Crippen LogP contribution in [0.2, 0.25) is 0 Å². The zero-order valence-corrected chi connectivity index (χ0v) is 12.2. The SMILES string of the molecule is CCCOC[C@H]1CCN(Cc2ccc(C(F)(F)F)nc2)C1. The molecule has 6 heteroatoms. The smallest absolute Gasteiger partial charge is 0.381 e. The Balaban J connectivity index is 1.80. The molecule has 21 heavy (non-hydrogen) atoms. The number of ether oxygens (including phenoxy) is 1. The summed E-state index contributed by atoms with van der Waals surface area (Å²) in [6.07, 6.45) is -0.941. The molecule has 0 unspecified atom stereocenters. The molecule has 0 amide bonds. The minimum Gasteiger partial charge on any atom is -0.381 e. The molecule has 1 atom stereocenters. The van der Waals surface area contributed by atoms with Crippen molar-refractivity contribution in [3.05, 3.63) is 29.6 Å². The highest BCUT2D eigenvalue weighted by molar-refractivity contribution is 5.16. The lowest BCUT2D eigenvalue weighted by molar-refractivity contribution is -0.141. The van der Waals surface area contributed by atoms with Gasteiger partial charge in [-0.05, 0) is 36.9 Å². The van der Waals surface area contributed by atoms with Crippen LogP contribution < -0.4 is 0 Å². The fourth-order valence-electron chi connectivity index (χ4n) is 2.53. The van der Waals surface area contributed by atoms with Crippen LogP contribution in [0.15, 0.2) is 18.3 Å². The first-order valence-corrected chi connectivity index (χ1v) is 7.31. The van der Waals surface area contributed by atoms with Crippen LogP contribution in [-0.4, -0.2) is 36.2 Å². The molecule has 0 aliphatic carbocycles. The summed E-state index contributed by atoms with van der Waals surface area (Å²) in [5.74, 6) is 0.527. The maximum Gasteiger partial charge on any atom is 0.433 e. The van der Waals surface area contributed by atoms with Gasteiger partial charge in [0.25, 0.3) is 0 Å². The predicted molar refractivity (Wildman–Crippen MR) is 73.7 cm³/mol. The quantitative estimate of drug-likeness (QED) is 0.754. The van der Waals surface area contributed by atoms with Gasteiger partial charge in [0.15, 0.2) is 0 Å². The minimum atomic E-state index is -4.37. The number of halogens is 3. The third kappa shape index (κ3) is 4.97. The Labute approximate surface area is 123 Å². The first-order valence-electron chi connectivity index (χ1n) is 7.31. The lowest BCUT2D eigenvalue weighted by atomic mass is 10.1. The van der Waals surface area contributed by atoms with Gasteiger partial charge in [0.1, 0.15) is 5.69 Å². The van der Waals surface area contributed by atoms with Crippen molar-refractivity contribution in [3.63, 3.8) is 0 Å². The lowest BCUT2D eigenvalue weighted by Gasteiger charge is -2.16. The normalized spacial score (nSPS) is 20.1. The monoisotopic (exact) mass is 302 g/mol. The number of aromatic nitrogens is 1. The van der Waals surface area contributed by atoms with Crippen LogP contribution in [0.4, 0.5) is 13.2 Å². The van der Waals surface area contributed by atoms with Crippen molar-refractivity contribution in [3.8, 4) is 0 Å². The molecular weight excluding hydrogens is 281 g/mol. The topological polar surface area (TPSA) is 25.4 Å². The van der Waals surface area contributed by atoms with Crippen LogP contribution in [0, 0.1) is 5.92 Å². The van der Waals surface area contributed by atoms with E-state index in [1.54, 1.807) is 0 Å². The molecule has 1 aromatic heterocycles. The van der Waals surface area contributed by atoms with E-state index in [0.717, 1.165) is 50.8 Å². The molecule has 2 rings (SSSR count). The van der Waals surface area contributed by atoms with Gasteiger partial charge >= 0.3 is 6.18 Å². The first kappa shape index (κ1) is 16.2. The number of rotatable bonds is 6. The van der Waals surface area contributed by atoms with Crippen LogP contribution in [0.1, 0.15) is 31.0 Å². The molecule has 1 aromatic rings. The second kappa shape index (κ2) is 7.22. The highest BCUT2D eigenvalue weighted by Gasteiger charge is 2.32. The van der Waals surface area contributed by atoms with Gasteiger partial charge in [-0.25, -0.2) is 0 Å². The van der Waals surface area contributed by atoms with E-state index < -0.39 is 11.9 Å². The van der Waals surface area contributed by atoms with Gasteiger partial charge in [0.2, 0.25) is 0 Å². The highest BCUT2D eigenvalue weighted by Crippen LogP contribution is 2.27. The summed E-state index contributed by atoms with van der Waals surface area (Å²) in [5.41, 5.74) is -0.0170. The van der Waals surface area contributed by atoms with Crippen LogP contribution in [0.5, 0.6) is 0 Å². The van der Waals surface area contributed by atoms with E-state index in [2.05, 4.69) is 16.8 Å². The summed E-state index contributed by atoms with van der Waals surface area (Å²) in [7, 11) is 0. The lowest BCUT2D eigenvalue weighted by Crippen LogP contribution is -2.22. The number of pyridine rings is 1. The van der Waals surface area contributed by atoms with E-state index in [4.69, 9.17) is 4.74 Å². The fraction of sp³-hybridized carbons (Fsp3) is 0.667. The van der Waals surface area contributed by atoms with E-state index in [1.807, 2.05) is 0 Å². The Hall–Kier alpha value is -1.14. The Kier molecular flexibility index (Phi) is 5.58. The summed E-state index contributed by atoms with van der Waals surface area (Å²) in [6.45, 7) is 6.19. The number of likely N-dealkylation sites (tertiary alicyclic amines) is 1. The summed E-state index contributed by atoms with van der Waals surface area (Å²) in [6, 6.07) is 2.56. The molecule has 2 heterocycles. The van der Waals surface area contributed by atoms with Crippen LogP contribution >= 0.6 is 0 Å². The van der Waals surface area contributed by atoms with Gasteiger partial charge in [0, 0.05) is 25.9 Å². The molecule has 118 valence electrons. The van der Waals surface area contributed by atoms with Gasteiger partial charge < -0.3 is 4.74 Å². The Morgan fingerprint density at radius 2 is 2.19 bits per heavy atom. The number of nitrogens with zero attached hydrogens (tertiary/aromatic N) is 2. The molecule has 0 aromatic carbocycles. The summed E-state index contributed by atoms with van der Waals surface area (Å²) in [4.78, 5) is 5.74. The largest absolute Gasteiger partial charge is 0.433 e. The number of hydrogen-bond acceptors (Lipinski definition) is 3. The summed E-state index contributed by atoms with van der Waals surface area (Å²) < 4.78 is 42.9.